The van der Waals surface area contributed by atoms with Crippen LogP contribution < -0.4 is 10.5 Å². The van der Waals surface area contributed by atoms with Gasteiger partial charge in [0.2, 0.25) is 0 Å². The number of aliphatic imine (C=N–C) groups is 1. The number of hydrogen-bond donors (Lipinski definition) is 4. The molecule has 0 aliphatic carbocycles. The molecule has 2 aromatic rings. The van der Waals surface area contributed by atoms with Crippen LogP contribution in [0.25, 0.3) is 5.57 Å². The number of carbonyl (C=O) groups excluding carboxylic acids is 1. The summed E-state index contributed by atoms with van der Waals surface area (Å²) in [6.07, 6.45) is 1.65. The van der Waals surface area contributed by atoms with E-state index in [1.54, 1.807) is 31.2 Å². The summed E-state index contributed by atoms with van der Waals surface area (Å²) < 4.78 is 18.7. The molecule has 2 aromatic carbocycles. The summed E-state index contributed by atoms with van der Waals surface area (Å²) in [4.78, 5) is 15.6. The first kappa shape index (κ1) is 22.9. The van der Waals surface area contributed by atoms with E-state index in [1.165, 1.54) is 30.3 Å². The molecule has 0 aromatic heterocycles. The van der Waals surface area contributed by atoms with Crippen molar-refractivity contribution in [2.24, 2.45) is 10.7 Å². The molecule has 1 amide bonds. The molecule has 158 valence electrons. The number of nitrogens with one attached hydrogen (secondary N) is 1. The standard InChI is InChI=1S/C22H24FN3O4/c1-14(26-18(12-27)13-28)10-16(11-21(24)22(25)29)15-2-6-19(7-3-15)30-20-8-4-17(23)5-9-20/h2-9,11,18,24,27-28H,10,12-13H2,1H3,(H2,25,29)/b16-11+,24-21?,26-14?. The third-order valence-electron chi connectivity index (χ3n) is 4.13. The second kappa shape index (κ2) is 11.0. The minimum absolute atomic E-state index is 0.282. The minimum atomic E-state index is -0.859. The number of rotatable bonds is 10. The molecule has 0 bridgehead atoms. The van der Waals surface area contributed by atoms with E-state index in [1.807, 2.05) is 0 Å². The highest BCUT2D eigenvalue weighted by atomic mass is 19.1. The largest absolute Gasteiger partial charge is 0.457 e. The number of nitrogens with two attached hydrogens (primary N) is 1. The first-order chi connectivity index (χ1) is 14.3. The van der Waals surface area contributed by atoms with Crippen molar-refractivity contribution in [2.45, 2.75) is 19.4 Å². The van der Waals surface area contributed by atoms with Crippen LogP contribution in [0.15, 0.2) is 59.6 Å². The summed E-state index contributed by atoms with van der Waals surface area (Å²) in [7, 11) is 0. The van der Waals surface area contributed by atoms with Crippen molar-refractivity contribution in [3.8, 4) is 11.5 Å². The van der Waals surface area contributed by atoms with Gasteiger partial charge in [0.25, 0.3) is 5.91 Å². The molecule has 0 aliphatic heterocycles. The number of aliphatic hydroxyl groups excluding tert-OH is 2. The number of amides is 1. The fourth-order valence-corrected chi connectivity index (χ4v) is 2.63. The van der Waals surface area contributed by atoms with Crippen molar-refractivity contribution in [1.82, 2.24) is 0 Å². The first-order valence-corrected chi connectivity index (χ1v) is 9.20. The number of aliphatic hydroxyl groups is 2. The second-order valence-electron chi connectivity index (χ2n) is 6.59. The van der Waals surface area contributed by atoms with E-state index in [-0.39, 0.29) is 31.2 Å². The lowest BCUT2D eigenvalue weighted by atomic mass is 9.98. The maximum Gasteiger partial charge on any atom is 0.266 e. The number of nitrogens with zero attached hydrogens (tertiary/aromatic N) is 1. The van der Waals surface area contributed by atoms with Crippen LogP contribution in [-0.4, -0.2) is 46.8 Å². The topological polar surface area (TPSA) is 129 Å². The zero-order chi connectivity index (χ0) is 22.1. The minimum Gasteiger partial charge on any atom is -0.457 e. The number of allylic oxidation sites excluding steroid dienone is 1. The van der Waals surface area contributed by atoms with Crippen LogP contribution in [0.5, 0.6) is 11.5 Å². The van der Waals surface area contributed by atoms with Crippen molar-refractivity contribution >= 4 is 22.9 Å². The summed E-state index contributed by atoms with van der Waals surface area (Å²) in [6, 6.07) is 11.9. The number of hydrogen-bond acceptors (Lipinski definition) is 6. The third kappa shape index (κ3) is 6.91. The smallest absolute Gasteiger partial charge is 0.266 e. The Labute approximate surface area is 173 Å². The normalized spacial score (nSPS) is 12.2. The van der Waals surface area contributed by atoms with Gasteiger partial charge in [-0.05, 0) is 60.5 Å². The summed E-state index contributed by atoms with van der Waals surface area (Å²) >= 11 is 0. The van der Waals surface area contributed by atoms with Crippen LogP contribution in [0.2, 0.25) is 0 Å². The van der Waals surface area contributed by atoms with Crippen LogP contribution in [0.4, 0.5) is 4.39 Å². The monoisotopic (exact) mass is 413 g/mol. The van der Waals surface area contributed by atoms with Crippen LogP contribution in [0.3, 0.4) is 0 Å². The van der Waals surface area contributed by atoms with E-state index in [0.717, 1.165) is 0 Å². The summed E-state index contributed by atoms with van der Waals surface area (Å²) in [5.41, 5.74) is 6.77. The van der Waals surface area contributed by atoms with Crippen LogP contribution in [0, 0.1) is 11.2 Å². The highest BCUT2D eigenvalue weighted by Gasteiger charge is 2.11. The van der Waals surface area contributed by atoms with Gasteiger partial charge in [-0.1, -0.05) is 12.1 Å². The fourth-order valence-electron chi connectivity index (χ4n) is 2.63. The molecule has 0 fully saturated rings. The summed E-state index contributed by atoms with van der Waals surface area (Å²) in [6.45, 7) is 1.14. The Bertz CT molecular complexity index is 934. The molecule has 7 nitrogen and oxygen atoms in total. The Morgan fingerprint density at radius 3 is 2.17 bits per heavy atom. The number of primary amides is 1. The number of halogens is 1. The second-order valence-corrected chi connectivity index (χ2v) is 6.59. The van der Waals surface area contributed by atoms with Gasteiger partial charge in [0.05, 0.1) is 19.3 Å². The fraction of sp³-hybridized carbons (Fsp3) is 0.227. The predicted octanol–water partition coefficient (Wildman–Crippen LogP) is 2.71. The molecule has 0 saturated carbocycles. The molecule has 0 radical (unpaired) electrons. The van der Waals surface area contributed by atoms with E-state index in [9.17, 15) is 19.4 Å². The van der Waals surface area contributed by atoms with Gasteiger partial charge in [-0.25, -0.2) is 4.39 Å². The molecular weight excluding hydrogens is 389 g/mol. The van der Waals surface area contributed by atoms with E-state index in [2.05, 4.69) is 4.99 Å². The van der Waals surface area contributed by atoms with Gasteiger partial charge in [0.1, 0.15) is 23.0 Å². The number of ether oxygens (including phenoxy) is 1. The van der Waals surface area contributed by atoms with Gasteiger partial charge in [0, 0.05) is 12.1 Å². The van der Waals surface area contributed by atoms with Crippen molar-refractivity contribution in [3.05, 3.63) is 66.0 Å². The van der Waals surface area contributed by atoms with E-state index in [4.69, 9.17) is 15.9 Å². The highest BCUT2D eigenvalue weighted by Crippen LogP contribution is 2.26. The molecule has 30 heavy (non-hydrogen) atoms. The molecule has 0 aliphatic rings. The maximum absolute atomic E-state index is 13.0. The molecule has 0 atom stereocenters. The van der Waals surface area contributed by atoms with Crippen molar-refractivity contribution in [1.29, 1.82) is 5.41 Å². The highest BCUT2D eigenvalue weighted by molar-refractivity contribution is 6.42. The van der Waals surface area contributed by atoms with Gasteiger partial charge < -0.3 is 20.7 Å². The average molecular weight is 413 g/mol. The zero-order valence-corrected chi connectivity index (χ0v) is 16.5. The molecule has 5 N–H and O–H groups in total. The first-order valence-electron chi connectivity index (χ1n) is 9.20. The third-order valence-corrected chi connectivity index (χ3v) is 4.13. The van der Waals surface area contributed by atoms with Gasteiger partial charge in [-0.15, -0.1) is 0 Å². The van der Waals surface area contributed by atoms with Crippen molar-refractivity contribution in [2.75, 3.05) is 13.2 Å². The molecular formula is C22H24FN3O4. The van der Waals surface area contributed by atoms with Crippen LogP contribution >= 0.6 is 0 Å². The molecule has 0 saturated heterocycles. The molecule has 2 rings (SSSR count). The SMILES string of the molecule is CC(C/C(=C\C(=N)C(N)=O)c1ccc(Oc2ccc(F)cc2)cc1)=NC(CO)CO. The Hall–Kier alpha value is -3.36. The van der Waals surface area contributed by atoms with Crippen molar-refractivity contribution in [3.63, 3.8) is 0 Å². The average Bonchev–Trinajstić information content (AvgIpc) is 2.73. The van der Waals surface area contributed by atoms with Crippen LogP contribution in [0.1, 0.15) is 18.9 Å². The van der Waals surface area contributed by atoms with Gasteiger partial charge >= 0.3 is 0 Å². The molecule has 0 heterocycles. The quantitative estimate of drug-likeness (QED) is 0.446. The maximum atomic E-state index is 13.0. The Morgan fingerprint density at radius 1 is 1.13 bits per heavy atom. The van der Waals surface area contributed by atoms with E-state index < -0.39 is 11.9 Å². The lowest BCUT2D eigenvalue weighted by Crippen LogP contribution is -2.21. The lowest BCUT2D eigenvalue weighted by molar-refractivity contribution is -0.111. The molecule has 0 spiro atoms. The summed E-state index contributed by atoms with van der Waals surface area (Å²) in [5.74, 6) is -0.203. The number of benzene rings is 2. The van der Waals surface area contributed by atoms with Gasteiger partial charge in [0.15, 0.2) is 0 Å². The number of carbonyl (C=O) groups is 1. The van der Waals surface area contributed by atoms with Gasteiger partial charge in [-0.2, -0.15) is 0 Å². The van der Waals surface area contributed by atoms with Crippen LogP contribution in [-0.2, 0) is 4.79 Å². The zero-order valence-electron chi connectivity index (χ0n) is 16.5. The molecule has 8 heteroatoms. The van der Waals surface area contributed by atoms with E-state index >= 15 is 0 Å². The Kier molecular flexibility index (Phi) is 8.40. The van der Waals surface area contributed by atoms with E-state index in [0.29, 0.717) is 28.3 Å². The van der Waals surface area contributed by atoms with Crippen molar-refractivity contribution < 1.29 is 24.1 Å². The van der Waals surface area contributed by atoms with Gasteiger partial charge in [-0.3, -0.25) is 15.2 Å². The molecule has 0 unspecified atom stereocenters. The Morgan fingerprint density at radius 2 is 1.67 bits per heavy atom. The predicted molar refractivity (Wildman–Crippen MR) is 113 cm³/mol. The Balaban J connectivity index is 2.26. The summed E-state index contributed by atoms with van der Waals surface area (Å²) in [5, 5.41) is 26.2. The lowest BCUT2D eigenvalue weighted by Gasteiger charge is -2.12.